The van der Waals surface area contributed by atoms with Crippen LogP contribution in [-0.2, 0) is 17.9 Å². The Balaban J connectivity index is 1.48. The van der Waals surface area contributed by atoms with Crippen LogP contribution in [0, 0.1) is 20.8 Å². The zero-order valence-corrected chi connectivity index (χ0v) is 20.1. The van der Waals surface area contributed by atoms with Crippen molar-refractivity contribution in [3.8, 4) is 0 Å². The summed E-state index contributed by atoms with van der Waals surface area (Å²) in [6, 6.07) is 9.98. The Morgan fingerprint density at radius 2 is 2.03 bits per heavy atom. The van der Waals surface area contributed by atoms with Crippen molar-refractivity contribution >= 4 is 45.0 Å². The van der Waals surface area contributed by atoms with Crippen molar-refractivity contribution < 1.29 is 4.79 Å². The predicted octanol–water partition coefficient (Wildman–Crippen LogP) is 4.38. The van der Waals surface area contributed by atoms with Gasteiger partial charge < -0.3 is 5.32 Å². The molecule has 0 unspecified atom stereocenters. The monoisotopic (exact) mass is 467 g/mol. The van der Waals surface area contributed by atoms with Gasteiger partial charge in [-0.25, -0.2) is 9.67 Å². The smallest absolute Gasteiger partial charge is 0.263 e. The number of aryl methyl sites for hydroxylation is 3. The van der Waals surface area contributed by atoms with Crippen LogP contribution in [0.5, 0.6) is 0 Å². The van der Waals surface area contributed by atoms with Gasteiger partial charge in [-0.3, -0.25) is 14.2 Å². The topological polar surface area (TPSA) is 81.8 Å². The van der Waals surface area contributed by atoms with E-state index in [1.54, 1.807) is 21.5 Å². The Morgan fingerprint density at radius 1 is 1.22 bits per heavy atom. The Hall–Kier alpha value is -2.91. The van der Waals surface area contributed by atoms with Crippen molar-refractivity contribution in [3.05, 3.63) is 68.4 Å². The summed E-state index contributed by atoms with van der Waals surface area (Å²) in [6.45, 7) is 8.99. The molecule has 0 saturated heterocycles. The number of carbonyl (C=O) groups excluding carboxylic acids is 1. The second-order valence-electron chi connectivity index (χ2n) is 7.61. The van der Waals surface area contributed by atoms with Gasteiger partial charge in [-0.05, 0) is 38.8 Å². The molecular formula is C23H25N5O2S2. The lowest BCUT2D eigenvalue weighted by Gasteiger charge is -2.11. The molecule has 0 aliphatic rings. The van der Waals surface area contributed by atoms with Crippen LogP contribution in [0.4, 0.5) is 5.82 Å². The van der Waals surface area contributed by atoms with E-state index < -0.39 is 0 Å². The maximum absolute atomic E-state index is 13.0. The van der Waals surface area contributed by atoms with E-state index in [1.807, 2.05) is 45.9 Å². The molecule has 4 aromatic rings. The Morgan fingerprint density at radius 3 is 2.78 bits per heavy atom. The first-order valence-electron chi connectivity index (χ1n) is 10.4. The summed E-state index contributed by atoms with van der Waals surface area (Å²) < 4.78 is 3.41. The number of amides is 1. The fourth-order valence-electron chi connectivity index (χ4n) is 3.56. The first-order chi connectivity index (χ1) is 15.4. The van der Waals surface area contributed by atoms with Crippen molar-refractivity contribution in [2.75, 3.05) is 11.1 Å². The van der Waals surface area contributed by atoms with E-state index in [1.165, 1.54) is 28.7 Å². The molecule has 9 heteroatoms. The molecule has 0 bridgehead atoms. The van der Waals surface area contributed by atoms with E-state index >= 15 is 0 Å². The summed E-state index contributed by atoms with van der Waals surface area (Å²) in [5, 5.41) is 8.51. The molecule has 1 amide bonds. The van der Waals surface area contributed by atoms with Crippen LogP contribution >= 0.6 is 23.1 Å². The fourth-order valence-corrected chi connectivity index (χ4v) is 5.49. The third-order valence-corrected chi connectivity index (χ3v) is 7.38. The van der Waals surface area contributed by atoms with Crippen LogP contribution in [-0.4, -0.2) is 31.0 Å². The number of aromatic nitrogens is 4. The van der Waals surface area contributed by atoms with E-state index in [2.05, 4.69) is 21.5 Å². The number of anilines is 1. The van der Waals surface area contributed by atoms with Gasteiger partial charge in [0.05, 0.1) is 23.9 Å². The molecule has 0 spiro atoms. The first kappa shape index (κ1) is 22.3. The summed E-state index contributed by atoms with van der Waals surface area (Å²) >= 11 is 2.79. The lowest BCUT2D eigenvalue weighted by Crippen LogP contribution is -2.23. The van der Waals surface area contributed by atoms with E-state index in [-0.39, 0.29) is 17.2 Å². The standard InChI is InChI=1S/C23H25N5O2S2/c1-5-27-22(30)20-15(3)16(4)32-21(20)26-23(27)31-13-19(29)25-18-9-10-24-28(18)12-17-8-6-7-14(2)11-17/h6-11H,5,12-13H2,1-4H3,(H,25,29). The van der Waals surface area contributed by atoms with E-state index in [0.29, 0.717) is 29.5 Å². The maximum Gasteiger partial charge on any atom is 0.263 e. The van der Waals surface area contributed by atoms with Gasteiger partial charge in [-0.15, -0.1) is 11.3 Å². The average molecular weight is 468 g/mol. The minimum atomic E-state index is -0.170. The maximum atomic E-state index is 13.0. The van der Waals surface area contributed by atoms with Crippen LogP contribution in [0.1, 0.15) is 28.5 Å². The van der Waals surface area contributed by atoms with Gasteiger partial charge in [0.2, 0.25) is 5.91 Å². The quantitative estimate of drug-likeness (QED) is 0.322. The zero-order valence-electron chi connectivity index (χ0n) is 18.5. The number of thiophene rings is 1. The van der Waals surface area contributed by atoms with Crippen LogP contribution < -0.4 is 10.9 Å². The summed E-state index contributed by atoms with van der Waals surface area (Å²) in [6.07, 6.45) is 1.67. The Kier molecular flexibility index (Phi) is 6.48. The molecule has 32 heavy (non-hydrogen) atoms. The number of carbonyl (C=O) groups is 1. The van der Waals surface area contributed by atoms with Crippen molar-refractivity contribution in [1.82, 2.24) is 19.3 Å². The normalized spacial score (nSPS) is 11.2. The van der Waals surface area contributed by atoms with Crippen LogP contribution in [0.2, 0.25) is 0 Å². The van der Waals surface area contributed by atoms with Crippen molar-refractivity contribution in [1.29, 1.82) is 0 Å². The van der Waals surface area contributed by atoms with Gasteiger partial charge in [0.15, 0.2) is 5.16 Å². The molecule has 1 aromatic carbocycles. The lowest BCUT2D eigenvalue weighted by atomic mass is 10.1. The van der Waals surface area contributed by atoms with E-state index in [9.17, 15) is 9.59 Å². The second-order valence-corrected chi connectivity index (χ2v) is 9.75. The van der Waals surface area contributed by atoms with Crippen molar-refractivity contribution in [2.24, 2.45) is 0 Å². The van der Waals surface area contributed by atoms with Crippen molar-refractivity contribution in [3.63, 3.8) is 0 Å². The number of hydrogen-bond donors (Lipinski definition) is 1. The SMILES string of the molecule is CCn1c(SCC(=O)Nc2ccnn2Cc2cccc(C)c2)nc2sc(C)c(C)c2c1=O. The molecule has 3 heterocycles. The van der Waals surface area contributed by atoms with E-state index in [4.69, 9.17) is 0 Å². The van der Waals surface area contributed by atoms with Crippen LogP contribution in [0.3, 0.4) is 0 Å². The summed E-state index contributed by atoms with van der Waals surface area (Å²) in [4.78, 5) is 32.1. The number of nitrogens with zero attached hydrogens (tertiary/aromatic N) is 4. The van der Waals surface area contributed by atoms with Crippen molar-refractivity contribution in [2.45, 2.75) is 45.9 Å². The molecule has 0 atom stereocenters. The third-order valence-electron chi connectivity index (χ3n) is 5.30. The molecule has 0 aliphatic heterocycles. The summed E-state index contributed by atoms with van der Waals surface area (Å²) in [5.74, 6) is 0.617. The summed E-state index contributed by atoms with van der Waals surface area (Å²) in [7, 11) is 0. The first-order valence-corrected chi connectivity index (χ1v) is 12.2. The molecule has 0 radical (unpaired) electrons. The number of thioether (sulfide) groups is 1. The van der Waals surface area contributed by atoms with Gasteiger partial charge in [-0.1, -0.05) is 41.6 Å². The van der Waals surface area contributed by atoms with Gasteiger partial charge in [0, 0.05) is 17.5 Å². The largest absolute Gasteiger partial charge is 0.310 e. The second kappa shape index (κ2) is 9.30. The Bertz CT molecular complexity index is 1350. The molecule has 0 fully saturated rings. The minimum absolute atomic E-state index is 0.0431. The number of nitrogens with one attached hydrogen (secondary N) is 1. The minimum Gasteiger partial charge on any atom is -0.310 e. The highest BCUT2D eigenvalue weighted by Gasteiger charge is 2.17. The average Bonchev–Trinajstić information content (AvgIpc) is 3.30. The van der Waals surface area contributed by atoms with E-state index in [0.717, 1.165) is 20.8 Å². The molecule has 7 nitrogen and oxygen atoms in total. The molecular weight excluding hydrogens is 442 g/mol. The lowest BCUT2D eigenvalue weighted by molar-refractivity contribution is -0.113. The molecule has 0 aliphatic carbocycles. The number of rotatable bonds is 7. The van der Waals surface area contributed by atoms with Gasteiger partial charge >= 0.3 is 0 Å². The highest BCUT2D eigenvalue weighted by atomic mass is 32.2. The van der Waals surface area contributed by atoms with Crippen LogP contribution in [0.15, 0.2) is 46.5 Å². The molecule has 166 valence electrons. The Labute approximate surface area is 194 Å². The molecule has 1 N–H and O–H groups in total. The molecule has 3 aromatic heterocycles. The highest BCUT2D eigenvalue weighted by molar-refractivity contribution is 7.99. The number of benzene rings is 1. The van der Waals surface area contributed by atoms with Gasteiger partial charge in [0.25, 0.3) is 5.56 Å². The molecule has 0 saturated carbocycles. The number of hydrogen-bond acceptors (Lipinski definition) is 6. The third kappa shape index (κ3) is 4.49. The number of fused-ring (bicyclic) bond motifs is 1. The van der Waals surface area contributed by atoms with Gasteiger partial charge in [-0.2, -0.15) is 5.10 Å². The van der Waals surface area contributed by atoms with Crippen LogP contribution in [0.25, 0.3) is 10.2 Å². The zero-order chi connectivity index (χ0) is 22.8. The highest BCUT2D eigenvalue weighted by Crippen LogP contribution is 2.28. The molecule has 4 rings (SSSR count). The summed E-state index contributed by atoms with van der Waals surface area (Å²) in [5.41, 5.74) is 3.24. The predicted molar refractivity (Wildman–Crippen MR) is 131 cm³/mol. The fraction of sp³-hybridized carbons (Fsp3) is 0.304. The van der Waals surface area contributed by atoms with Gasteiger partial charge in [0.1, 0.15) is 10.6 Å².